The molecule has 0 heterocycles. The van der Waals surface area contributed by atoms with Crippen molar-refractivity contribution in [3.05, 3.63) is 53.6 Å². The summed E-state index contributed by atoms with van der Waals surface area (Å²) in [5.41, 5.74) is 4.31. The molecule has 1 fully saturated rings. The molecule has 0 amide bonds. The molecular formula is C29H41N3O2S. The highest BCUT2D eigenvalue weighted by Crippen LogP contribution is 2.34. The smallest absolute Gasteiger partial charge is 0.147 e. The number of ether oxygens (including phenoxy) is 1. The Hall–Kier alpha value is -2.15. The summed E-state index contributed by atoms with van der Waals surface area (Å²) in [5, 5.41) is 0. The molecule has 190 valence electrons. The molecule has 0 bridgehead atoms. The fraction of sp³-hybridized carbons (Fsp3) is 0.517. The van der Waals surface area contributed by atoms with Crippen molar-refractivity contribution in [1.82, 2.24) is 9.62 Å². The Morgan fingerprint density at radius 2 is 1.94 bits per heavy atom. The quantitative estimate of drug-likeness (QED) is 0.146. The Morgan fingerprint density at radius 1 is 1.17 bits per heavy atom. The number of unbranched alkanes of at least 4 members (excludes halogenated alkanes) is 1. The van der Waals surface area contributed by atoms with Crippen LogP contribution < -0.4 is 4.72 Å². The van der Waals surface area contributed by atoms with Gasteiger partial charge in [-0.2, -0.15) is 0 Å². The van der Waals surface area contributed by atoms with Crippen molar-refractivity contribution in [3.8, 4) is 11.1 Å². The molecular weight excluding hydrogens is 454 g/mol. The summed E-state index contributed by atoms with van der Waals surface area (Å²) in [6.07, 6.45) is 8.10. The van der Waals surface area contributed by atoms with Gasteiger partial charge in [0.15, 0.2) is 0 Å². The maximum Gasteiger partial charge on any atom is 0.147 e. The number of aliphatic imine (C=N–C) groups is 1. The summed E-state index contributed by atoms with van der Waals surface area (Å²) in [6.45, 7) is 6.24. The summed E-state index contributed by atoms with van der Waals surface area (Å²) in [5.74, 6) is 1.05. The summed E-state index contributed by atoms with van der Waals surface area (Å²) >= 11 is 1.63. The molecule has 35 heavy (non-hydrogen) atoms. The second kappa shape index (κ2) is 13.8. The summed E-state index contributed by atoms with van der Waals surface area (Å²) in [6, 6.07) is 15.2. The predicted molar refractivity (Wildman–Crippen MR) is 148 cm³/mol. The second-order valence-corrected chi connectivity index (χ2v) is 10.4. The van der Waals surface area contributed by atoms with E-state index in [1.54, 1.807) is 11.9 Å². The summed E-state index contributed by atoms with van der Waals surface area (Å²) < 4.78 is 9.06. The molecule has 0 unspecified atom stereocenters. The second-order valence-electron chi connectivity index (χ2n) is 9.35. The molecule has 2 aromatic rings. The van der Waals surface area contributed by atoms with Gasteiger partial charge < -0.3 is 14.4 Å². The zero-order valence-electron chi connectivity index (χ0n) is 21.8. The molecule has 1 aliphatic rings. The lowest BCUT2D eigenvalue weighted by molar-refractivity contribution is -0.112. The Balaban J connectivity index is 1.90. The number of hydrogen-bond donors (Lipinski definition) is 1. The molecule has 0 spiro atoms. The van der Waals surface area contributed by atoms with Crippen molar-refractivity contribution in [1.29, 1.82) is 0 Å². The number of rotatable bonds is 13. The molecule has 6 heteroatoms. The Bertz CT molecular complexity index is 986. The van der Waals surface area contributed by atoms with Gasteiger partial charge in [0.2, 0.25) is 0 Å². The highest BCUT2D eigenvalue weighted by atomic mass is 32.2. The minimum absolute atomic E-state index is 0.518. The van der Waals surface area contributed by atoms with Crippen LogP contribution in [0, 0.1) is 0 Å². The largest absolute Gasteiger partial charge is 0.377 e. The molecule has 1 aliphatic carbocycles. The van der Waals surface area contributed by atoms with Gasteiger partial charge in [-0.15, -0.1) is 0 Å². The zero-order valence-corrected chi connectivity index (χ0v) is 22.6. The molecule has 1 N–H and O–H groups in total. The van der Waals surface area contributed by atoms with E-state index in [0.29, 0.717) is 13.2 Å². The van der Waals surface area contributed by atoms with E-state index in [1.807, 2.05) is 14.0 Å². The Kier molecular flexibility index (Phi) is 10.8. The number of benzene rings is 2. The molecule has 3 rings (SSSR count). The SMILES string of the molecule is CCCCC(=NC1(C=O)CCCC1)N(C)Cc1ccc(-c2ccccc2SNC)c(COCC)c1. The van der Waals surface area contributed by atoms with Crippen LogP contribution in [0.5, 0.6) is 0 Å². The number of nitrogens with one attached hydrogen (secondary N) is 1. The average molecular weight is 496 g/mol. The maximum absolute atomic E-state index is 12.0. The predicted octanol–water partition coefficient (Wildman–Crippen LogP) is 6.65. The molecule has 0 saturated heterocycles. The van der Waals surface area contributed by atoms with Crippen LogP contribution >= 0.6 is 11.9 Å². The Labute approximate surface area is 215 Å². The highest BCUT2D eigenvalue weighted by Gasteiger charge is 2.33. The van der Waals surface area contributed by atoms with E-state index >= 15 is 0 Å². The van der Waals surface area contributed by atoms with Crippen molar-refractivity contribution in [3.63, 3.8) is 0 Å². The number of carbonyl (C=O) groups is 1. The van der Waals surface area contributed by atoms with E-state index < -0.39 is 5.54 Å². The van der Waals surface area contributed by atoms with Gasteiger partial charge in [-0.25, -0.2) is 0 Å². The molecule has 2 aromatic carbocycles. The van der Waals surface area contributed by atoms with E-state index in [1.165, 1.54) is 27.1 Å². The van der Waals surface area contributed by atoms with Gasteiger partial charge in [0.05, 0.1) is 6.61 Å². The van der Waals surface area contributed by atoms with Crippen LogP contribution in [-0.2, 0) is 22.7 Å². The molecule has 5 nitrogen and oxygen atoms in total. The fourth-order valence-corrected chi connectivity index (χ4v) is 5.41. The van der Waals surface area contributed by atoms with Gasteiger partial charge in [0.25, 0.3) is 0 Å². The van der Waals surface area contributed by atoms with E-state index in [-0.39, 0.29) is 0 Å². The van der Waals surface area contributed by atoms with Crippen LogP contribution in [-0.4, -0.2) is 43.3 Å². The Morgan fingerprint density at radius 3 is 2.63 bits per heavy atom. The van der Waals surface area contributed by atoms with Gasteiger partial charge >= 0.3 is 0 Å². The van der Waals surface area contributed by atoms with Crippen LogP contribution in [0.4, 0.5) is 0 Å². The highest BCUT2D eigenvalue weighted by molar-refractivity contribution is 7.97. The fourth-order valence-electron chi connectivity index (χ4n) is 4.76. The number of amidine groups is 1. The first kappa shape index (κ1) is 27.4. The third kappa shape index (κ3) is 7.42. The first-order chi connectivity index (χ1) is 17.1. The zero-order chi connectivity index (χ0) is 25.1. The molecule has 0 atom stereocenters. The third-order valence-corrected chi connectivity index (χ3v) is 7.46. The average Bonchev–Trinajstić information content (AvgIpc) is 3.35. The van der Waals surface area contributed by atoms with Crippen molar-refractivity contribution >= 4 is 24.1 Å². The van der Waals surface area contributed by atoms with Crippen molar-refractivity contribution in [2.45, 2.75) is 82.4 Å². The van der Waals surface area contributed by atoms with Crippen molar-refractivity contribution < 1.29 is 9.53 Å². The van der Waals surface area contributed by atoms with Gasteiger partial charge in [-0.05, 0) is 73.5 Å². The molecule has 0 aliphatic heterocycles. The number of hydrogen-bond acceptors (Lipinski definition) is 5. The van der Waals surface area contributed by atoms with Gasteiger partial charge in [0, 0.05) is 31.5 Å². The molecule has 0 aromatic heterocycles. The lowest BCUT2D eigenvalue weighted by Crippen LogP contribution is -2.33. The summed E-state index contributed by atoms with van der Waals surface area (Å²) in [4.78, 5) is 20.5. The lowest BCUT2D eigenvalue weighted by atomic mass is 9.97. The standard InChI is InChI=1S/C29H41N3O2S/c1-5-7-14-28(31-29(22-33)17-10-11-18-29)32(4)20-23-15-16-25(24(19-23)21-34-6-2)26-12-8-9-13-27(26)35-30-3/h8-9,12-13,15-16,19,22,30H,5-7,10-11,14,17-18,20-21H2,1-4H3. The number of nitrogens with zero attached hydrogens (tertiary/aromatic N) is 2. The first-order valence-electron chi connectivity index (χ1n) is 12.9. The van der Waals surface area contributed by atoms with E-state index in [4.69, 9.17) is 9.73 Å². The van der Waals surface area contributed by atoms with Crippen LogP contribution in [0.15, 0.2) is 52.4 Å². The molecule has 0 radical (unpaired) electrons. The minimum Gasteiger partial charge on any atom is -0.377 e. The topological polar surface area (TPSA) is 53.9 Å². The van der Waals surface area contributed by atoms with E-state index in [0.717, 1.165) is 63.6 Å². The molecule has 1 saturated carbocycles. The van der Waals surface area contributed by atoms with Gasteiger partial charge in [-0.3, -0.25) is 9.71 Å². The monoisotopic (exact) mass is 495 g/mol. The van der Waals surface area contributed by atoms with Crippen molar-refractivity contribution in [2.75, 3.05) is 20.7 Å². The summed E-state index contributed by atoms with van der Waals surface area (Å²) in [7, 11) is 4.05. The van der Waals surface area contributed by atoms with Crippen LogP contribution in [0.25, 0.3) is 11.1 Å². The van der Waals surface area contributed by atoms with Gasteiger partial charge in [0.1, 0.15) is 17.7 Å². The maximum atomic E-state index is 12.0. The van der Waals surface area contributed by atoms with E-state index in [9.17, 15) is 4.79 Å². The van der Waals surface area contributed by atoms with Crippen LogP contribution in [0.3, 0.4) is 0 Å². The third-order valence-electron chi connectivity index (χ3n) is 6.68. The van der Waals surface area contributed by atoms with E-state index in [2.05, 4.69) is 66.1 Å². The van der Waals surface area contributed by atoms with Crippen molar-refractivity contribution in [2.24, 2.45) is 4.99 Å². The van der Waals surface area contributed by atoms with Crippen LogP contribution in [0.1, 0.15) is 69.9 Å². The van der Waals surface area contributed by atoms with Gasteiger partial charge in [-0.1, -0.05) is 62.6 Å². The normalized spacial score (nSPS) is 15.4. The first-order valence-corrected chi connectivity index (χ1v) is 13.8. The number of carbonyl (C=O) groups excluding carboxylic acids is 1. The number of aldehydes is 1. The minimum atomic E-state index is -0.518. The van der Waals surface area contributed by atoms with Crippen LogP contribution in [0.2, 0.25) is 0 Å². The lowest BCUT2D eigenvalue weighted by Gasteiger charge is -2.26.